The summed E-state index contributed by atoms with van der Waals surface area (Å²) in [5, 5.41) is 11.2. The van der Waals surface area contributed by atoms with Crippen LogP contribution < -0.4 is 0 Å². The van der Waals surface area contributed by atoms with Crippen LogP contribution in [0.25, 0.3) is 34.0 Å². The number of nitrogens with zero attached hydrogens (tertiary/aromatic N) is 3. The molecule has 4 aromatic rings. The van der Waals surface area contributed by atoms with Gasteiger partial charge in [0.25, 0.3) is 11.6 Å². The van der Waals surface area contributed by atoms with Gasteiger partial charge in [0.1, 0.15) is 17.3 Å². The first-order valence-corrected chi connectivity index (χ1v) is 11.0. The summed E-state index contributed by atoms with van der Waals surface area (Å²) in [5.41, 5.74) is 2.32. The Kier molecular flexibility index (Phi) is 5.87. The lowest BCUT2D eigenvalue weighted by molar-refractivity contribution is -0.384. The molecule has 0 atom stereocenters. The van der Waals surface area contributed by atoms with Crippen LogP contribution in [0.3, 0.4) is 0 Å². The number of non-ortho nitro benzene ring substituents is 1. The van der Waals surface area contributed by atoms with E-state index in [-0.39, 0.29) is 16.6 Å². The molecule has 0 saturated carbocycles. The number of fused-ring (bicyclic) bond motifs is 1. The van der Waals surface area contributed by atoms with Gasteiger partial charge in [-0.25, -0.2) is 4.98 Å². The molecule has 1 saturated heterocycles. The second-order valence-corrected chi connectivity index (χ2v) is 8.10. The van der Waals surface area contributed by atoms with Gasteiger partial charge in [-0.1, -0.05) is 23.7 Å². The van der Waals surface area contributed by atoms with E-state index >= 15 is 0 Å². The molecular weight excluding hydrogens is 460 g/mol. The van der Waals surface area contributed by atoms with Crippen LogP contribution in [0, 0.1) is 10.1 Å². The number of aromatic nitrogens is 2. The maximum Gasteiger partial charge on any atom is 0.270 e. The van der Waals surface area contributed by atoms with Gasteiger partial charge in [0.15, 0.2) is 0 Å². The quantitative estimate of drug-likeness (QED) is 0.251. The maximum atomic E-state index is 13.4. The Bertz CT molecular complexity index is 1380. The first-order valence-electron chi connectivity index (χ1n) is 10.6. The Labute approximate surface area is 198 Å². The number of nitro benzene ring substituents is 1. The summed E-state index contributed by atoms with van der Waals surface area (Å²) < 4.78 is 11.3. The molecule has 1 amide bonds. The van der Waals surface area contributed by atoms with Crippen molar-refractivity contribution in [2.75, 3.05) is 26.3 Å². The number of morpholine rings is 1. The van der Waals surface area contributed by atoms with Crippen molar-refractivity contribution in [2.45, 2.75) is 0 Å². The second kappa shape index (κ2) is 9.12. The molecule has 2 aromatic heterocycles. The fraction of sp³-hybridized carbons (Fsp3) is 0.167. The number of ether oxygens (including phenoxy) is 1. The predicted octanol–water partition coefficient (Wildman–Crippen LogP) is 4.78. The Balaban J connectivity index is 1.53. The number of amides is 1. The number of rotatable bonds is 5. The van der Waals surface area contributed by atoms with E-state index in [2.05, 4.69) is 9.97 Å². The van der Waals surface area contributed by atoms with E-state index < -0.39 is 4.92 Å². The molecule has 0 radical (unpaired) electrons. The van der Waals surface area contributed by atoms with Gasteiger partial charge < -0.3 is 19.0 Å². The number of hydrogen-bond acceptors (Lipinski definition) is 6. The number of H-pyrrole nitrogens is 1. The summed E-state index contributed by atoms with van der Waals surface area (Å²) in [7, 11) is 0. The molecule has 172 valence electrons. The van der Waals surface area contributed by atoms with Crippen LogP contribution in [-0.2, 0) is 9.53 Å². The van der Waals surface area contributed by atoms with Crippen LogP contribution in [-0.4, -0.2) is 52.0 Å². The third-order valence-electron chi connectivity index (χ3n) is 5.52. The fourth-order valence-corrected chi connectivity index (χ4v) is 4.05. The molecule has 2 aromatic carbocycles. The van der Waals surface area contributed by atoms with E-state index in [0.29, 0.717) is 54.8 Å². The van der Waals surface area contributed by atoms with Gasteiger partial charge in [-0.05, 0) is 36.4 Å². The highest BCUT2D eigenvalue weighted by molar-refractivity contribution is 6.33. The van der Waals surface area contributed by atoms with Crippen LogP contribution in [0.15, 0.2) is 59.0 Å². The average Bonchev–Trinajstić information content (AvgIpc) is 3.49. The van der Waals surface area contributed by atoms with Gasteiger partial charge in [0, 0.05) is 30.8 Å². The number of aromatic amines is 1. The molecule has 5 rings (SSSR count). The highest BCUT2D eigenvalue weighted by atomic mass is 35.5. The largest absolute Gasteiger partial charge is 0.457 e. The van der Waals surface area contributed by atoms with E-state index in [9.17, 15) is 14.9 Å². The summed E-state index contributed by atoms with van der Waals surface area (Å²) >= 11 is 6.25. The Morgan fingerprint density at radius 2 is 1.94 bits per heavy atom. The SMILES string of the molecule is O=C(/C(=C/c1ccc(-c2ccc([N+](=O)[O-])cc2Cl)o1)c1nc2ccccc2[nH]1)N1CCOCC1. The minimum Gasteiger partial charge on any atom is -0.457 e. The predicted molar refractivity (Wildman–Crippen MR) is 127 cm³/mol. The molecule has 10 heteroatoms. The lowest BCUT2D eigenvalue weighted by atomic mass is 10.1. The number of carbonyl (C=O) groups is 1. The molecule has 0 bridgehead atoms. The van der Waals surface area contributed by atoms with Gasteiger partial charge in [0.2, 0.25) is 0 Å². The smallest absolute Gasteiger partial charge is 0.270 e. The minimum atomic E-state index is -0.511. The van der Waals surface area contributed by atoms with Gasteiger partial charge in [-0.3, -0.25) is 14.9 Å². The summed E-state index contributed by atoms with van der Waals surface area (Å²) in [6, 6.07) is 15.1. The fourth-order valence-electron chi connectivity index (χ4n) is 3.78. The van der Waals surface area contributed by atoms with E-state index in [1.54, 1.807) is 23.1 Å². The summed E-state index contributed by atoms with van der Waals surface area (Å²) in [4.78, 5) is 33.4. The zero-order valence-electron chi connectivity index (χ0n) is 17.9. The standard InChI is InChI=1S/C24H19ClN4O5/c25-19-13-15(29(31)32)5-7-17(19)22-8-6-16(34-22)14-18(24(30)28-9-11-33-12-10-28)23-26-20-3-1-2-4-21(20)27-23/h1-8,13-14H,9-12H2,(H,26,27)/b18-14+. The number of nitro groups is 1. The Hall–Kier alpha value is -3.95. The minimum absolute atomic E-state index is 0.108. The van der Waals surface area contributed by atoms with Crippen molar-refractivity contribution < 1.29 is 18.9 Å². The third-order valence-corrected chi connectivity index (χ3v) is 5.83. The number of benzene rings is 2. The average molecular weight is 479 g/mol. The van der Waals surface area contributed by atoms with Crippen molar-refractivity contribution in [1.82, 2.24) is 14.9 Å². The van der Waals surface area contributed by atoms with Crippen molar-refractivity contribution >= 4 is 45.9 Å². The van der Waals surface area contributed by atoms with Crippen molar-refractivity contribution in [3.63, 3.8) is 0 Å². The zero-order chi connectivity index (χ0) is 23.7. The molecular formula is C24H19ClN4O5. The van der Waals surface area contributed by atoms with Crippen LogP contribution in [0.1, 0.15) is 11.6 Å². The number of halogens is 1. The van der Waals surface area contributed by atoms with E-state index in [1.165, 1.54) is 18.2 Å². The van der Waals surface area contributed by atoms with Crippen LogP contribution in [0.2, 0.25) is 5.02 Å². The zero-order valence-corrected chi connectivity index (χ0v) is 18.6. The topological polar surface area (TPSA) is 114 Å². The van der Waals surface area contributed by atoms with Gasteiger partial charge in [-0.2, -0.15) is 0 Å². The highest BCUT2D eigenvalue weighted by Gasteiger charge is 2.25. The number of imidazole rings is 1. The first-order chi connectivity index (χ1) is 16.5. The monoisotopic (exact) mass is 478 g/mol. The van der Waals surface area contributed by atoms with E-state index in [0.717, 1.165) is 11.0 Å². The van der Waals surface area contributed by atoms with Gasteiger partial charge >= 0.3 is 0 Å². The van der Waals surface area contributed by atoms with Crippen molar-refractivity contribution in [2.24, 2.45) is 0 Å². The molecule has 9 nitrogen and oxygen atoms in total. The van der Waals surface area contributed by atoms with Crippen LogP contribution in [0.5, 0.6) is 0 Å². The molecule has 0 unspecified atom stereocenters. The number of hydrogen-bond donors (Lipinski definition) is 1. The lowest BCUT2D eigenvalue weighted by Crippen LogP contribution is -2.41. The van der Waals surface area contributed by atoms with E-state index in [4.69, 9.17) is 20.8 Å². The lowest BCUT2D eigenvalue weighted by Gasteiger charge is -2.27. The van der Waals surface area contributed by atoms with Crippen molar-refractivity contribution in [1.29, 1.82) is 0 Å². The van der Waals surface area contributed by atoms with Crippen LogP contribution in [0.4, 0.5) is 5.69 Å². The maximum absolute atomic E-state index is 13.4. The van der Waals surface area contributed by atoms with Crippen LogP contribution >= 0.6 is 11.6 Å². The number of para-hydroxylation sites is 2. The number of furan rings is 1. The Morgan fingerprint density at radius 1 is 1.15 bits per heavy atom. The molecule has 1 fully saturated rings. The summed E-state index contributed by atoms with van der Waals surface area (Å²) in [6.07, 6.45) is 1.64. The highest BCUT2D eigenvalue weighted by Crippen LogP contribution is 2.33. The van der Waals surface area contributed by atoms with E-state index in [1.807, 2.05) is 24.3 Å². The second-order valence-electron chi connectivity index (χ2n) is 7.69. The molecule has 34 heavy (non-hydrogen) atoms. The van der Waals surface area contributed by atoms with Crippen molar-refractivity contribution in [3.05, 3.63) is 81.3 Å². The normalized spacial score (nSPS) is 14.5. The van der Waals surface area contributed by atoms with Crippen molar-refractivity contribution in [3.8, 4) is 11.3 Å². The molecule has 0 aliphatic carbocycles. The first kappa shape index (κ1) is 21.9. The molecule has 1 aliphatic rings. The Morgan fingerprint density at radius 3 is 2.68 bits per heavy atom. The summed E-state index contributed by atoms with van der Waals surface area (Å²) in [6.45, 7) is 1.92. The molecule has 1 N–H and O–H groups in total. The molecule has 3 heterocycles. The third kappa shape index (κ3) is 4.30. The van der Waals surface area contributed by atoms with Gasteiger partial charge in [-0.15, -0.1) is 0 Å². The summed E-state index contributed by atoms with van der Waals surface area (Å²) in [5.74, 6) is 1.09. The number of nitrogens with one attached hydrogen (secondary N) is 1. The number of carbonyl (C=O) groups excluding carboxylic acids is 1. The molecule has 1 aliphatic heterocycles. The molecule has 0 spiro atoms. The van der Waals surface area contributed by atoms with Gasteiger partial charge in [0.05, 0.1) is 39.8 Å².